The first-order valence-corrected chi connectivity index (χ1v) is 9.09. The summed E-state index contributed by atoms with van der Waals surface area (Å²) in [6.07, 6.45) is 5.58. The van der Waals surface area contributed by atoms with Crippen LogP contribution in [0.15, 0.2) is 15.2 Å². The van der Waals surface area contributed by atoms with Crippen molar-refractivity contribution in [3.63, 3.8) is 0 Å². The Labute approximate surface area is 134 Å². The molecular weight excluding hydrogens is 334 g/mol. The zero-order chi connectivity index (χ0) is 14.8. The summed E-state index contributed by atoms with van der Waals surface area (Å²) in [4.78, 5) is 14.9. The number of nitrogens with zero attached hydrogens (tertiary/aromatic N) is 1. The van der Waals surface area contributed by atoms with Gasteiger partial charge in [0.15, 0.2) is 0 Å². The second kappa shape index (κ2) is 6.61. The van der Waals surface area contributed by atoms with Crippen LogP contribution in [0.2, 0.25) is 0 Å². The van der Waals surface area contributed by atoms with Gasteiger partial charge in [0.2, 0.25) is 5.91 Å². The summed E-state index contributed by atoms with van der Waals surface area (Å²) in [6, 6.07) is 2.11. The Hall–Kier alpha value is -0.350. The van der Waals surface area contributed by atoms with Gasteiger partial charge < -0.3 is 4.90 Å². The van der Waals surface area contributed by atoms with E-state index in [1.807, 2.05) is 11.9 Å². The van der Waals surface area contributed by atoms with Gasteiger partial charge in [-0.1, -0.05) is 26.7 Å². The second-order valence-electron chi connectivity index (χ2n) is 6.51. The highest BCUT2D eigenvalue weighted by Gasteiger charge is 2.42. The molecule has 0 aromatic carbocycles. The van der Waals surface area contributed by atoms with Crippen molar-refractivity contribution >= 4 is 33.2 Å². The van der Waals surface area contributed by atoms with E-state index in [-0.39, 0.29) is 5.41 Å². The van der Waals surface area contributed by atoms with Crippen LogP contribution in [0.25, 0.3) is 0 Å². The van der Waals surface area contributed by atoms with E-state index in [1.54, 1.807) is 11.3 Å². The molecule has 1 amide bonds. The zero-order valence-electron chi connectivity index (χ0n) is 12.6. The van der Waals surface area contributed by atoms with Gasteiger partial charge in [-0.15, -0.1) is 11.3 Å². The maximum atomic E-state index is 12.9. The SMILES string of the molecule is CC(C)CC1(C(=O)N(C)Cc2csc(Br)c2)CCCC1. The first-order chi connectivity index (χ1) is 9.43. The van der Waals surface area contributed by atoms with E-state index >= 15 is 0 Å². The molecule has 1 heterocycles. The molecule has 1 aliphatic rings. The Morgan fingerprint density at radius 3 is 2.60 bits per heavy atom. The predicted molar refractivity (Wildman–Crippen MR) is 88.8 cm³/mol. The highest BCUT2D eigenvalue weighted by atomic mass is 79.9. The van der Waals surface area contributed by atoms with Crippen molar-refractivity contribution in [2.24, 2.45) is 11.3 Å². The summed E-state index contributed by atoms with van der Waals surface area (Å²) in [5.74, 6) is 0.937. The number of rotatable bonds is 5. The van der Waals surface area contributed by atoms with Gasteiger partial charge in [-0.2, -0.15) is 0 Å². The molecule has 2 nitrogen and oxygen atoms in total. The van der Waals surface area contributed by atoms with Crippen LogP contribution in [0.3, 0.4) is 0 Å². The van der Waals surface area contributed by atoms with Crippen molar-refractivity contribution in [1.82, 2.24) is 4.90 Å². The normalized spacial score (nSPS) is 17.6. The van der Waals surface area contributed by atoms with E-state index in [0.717, 1.165) is 29.6 Å². The lowest BCUT2D eigenvalue weighted by molar-refractivity contribution is -0.142. The minimum atomic E-state index is -0.0871. The van der Waals surface area contributed by atoms with Gasteiger partial charge >= 0.3 is 0 Å². The summed E-state index contributed by atoms with van der Waals surface area (Å²) in [6.45, 7) is 5.17. The van der Waals surface area contributed by atoms with E-state index in [9.17, 15) is 4.79 Å². The van der Waals surface area contributed by atoms with E-state index in [0.29, 0.717) is 11.8 Å². The molecular formula is C16H24BrNOS. The minimum Gasteiger partial charge on any atom is -0.341 e. The first kappa shape index (κ1) is 16.0. The van der Waals surface area contributed by atoms with Crippen LogP contribution in [0.5, 0.6) is 0 Å². The van der Waals surface area contributed by atoms with Crippen LogP contribution in [0.1, 0.15) is 51.5 Å². The minimum absolute atomic E-state index is 0.0871. The average molecular weight is 358 g/mol. The summed E-state index contributed by atoms with van der Waals surface area (Å²) in [5.41, 5.74) is 1.13. The van der Waals surface area contributed by atoms with Gasteiger partial charge in [0, 0.05) is 19.0 Å². The summed E-state index contributed by atoms with van der Waals surface area (Å²) < 4.78 is 1.13. The molecule has 1 fully saturated rings. The average Bonchev–Trinajstić information content (AvgIpc) is 2.98. The molecule has 0 spiro atoms. The summed E-state index contributed by atoms with van der Waals surface area (Å²) in [5, 5.41) is 2.12. The molecule has 112 valence electrons. The molecule has 2 rings (SSSR count). The fourth-order valence-electron chi connectivity index (χ4n) is 3.52. The maximum absolute atomic E-state index is 12.9. The third-order valence-electron chi connectivity index (χ3n) is 4.20. The Morgan fingerprint density at radius 2 is 2.10 bits per heavy atom. The molecule has 0 atom stereocenters. The van der Waals surface area contributed by atoms with E-state index in [1.165, 1.54) is 18.4 Å². The number of halogens is 1. The molecule has 0 radical (unpaired) electrons. The van der Waals surface area contributed by atoms with Gasteiger partial charge in [-0.3, -0.25) is 4.79 Å². The summed E-state index contributed by atoms with van der Waals surface area (Å²) >= 11 is 5.16. The van der Waals surface area contributed by atoms with Crippen LogP contribution in [0.4, 0.5) is 0 Å². The molecule has 4 heteroatoms. The Morgan fingerprint density at radius 1 is 1.45 bits per heavy atom. The lowest BCUT2D eigenvalue weighted by Gasteiger charge is -2.33. The molecule has 1 saturated carbocycles. The third kappa shape index (κ3) is 3.64. The highest BCUT2D eigenvalue weighted by Crippen LogP contribution is 2.44. The van der Waals surface area contributed by atoms with Crippen LogP contribution in [-0.2, 0) is 11.3 Å². The number of carbonyl (C=O) groups is 1. The lowest BCUT2D eigenvalue weighted by Crippen LogP contribution is -2.41. The van der Waals surface area contributed by atoms with Gasteiger partial charge in [0.05, 0.1) is 3.79 Å². The maximum Gasteiger partial charge on any atom is 0.228 e. The lowest BCUT2D eigenvalue weighted by atomic mass is 9.77. The Bertz CT molecular complexity index is 463. The van der Waals surface area contributed by atoms with Gasteiger partial charge in [-0.05, 0) is 58.1 Å². The molecule has 0 saturated heterocycles. The molecule has 1 aromatic heterocycles. The number of thiophene rings is 1. The molecule has 1 aliphatic carbocycles. The molecule has 1 aromatic rings. The Kier molecular flexibility index (Phi) is 5.30. The molecule has 0 bridgehead atoms. The first-order valence-electron chi connectivity index (χ1n) is 7.41. The van der Waals surface area contributed by atoms with Crippen LogP contribution in [0, 0.1) is 11.3 Å². The second-order valence-corrected chi connectivity index (χ2v) is 8.80. The highest BCUT2D eigenvalue weighted by molar-refractivity contribution is 9.11. The van der Waals surface area contributed by atoms with Crippen LogP contribution >= 0.6 is 27.3 Å². The third-order valence-corrected chi connectivity index (χ3v) is 5.75. The molecule has 0 unspecified atom stereocenters. The van der Waals surface area contributed by atoms with Crippen molar-refractivity contribution in [1.29, 1.82) is 0 Å². The van der Waals surface area contributed by atoms with Crippen molar-refractivity contribution in [2.45, 2.75) is 52.5 Å². The smallest absolute Gasteiger partial charge is 0.228 e. The standard InChI is InChI=1S/C16H24BrNOS/c1-12(2)9-16(6-4-5-7-16)15(19)18(3)10-13-8-14(17)20-11-13/h8,11-12H,4-7,9-10H2,1-3H3. The molecule has 0 aliphatic heterocycles. The number of carbonyl (C=O) groups excluding carboxylic acids is 1. The van der Waals surface area contributed by atoms with Crippen molar-refractivity contribution in [3.05, 3.63) is 20.8 Å². The van der Waals surface area contributed by atoms with E-state index in [2.05, 4.69) is 41.2 Å². The van der Waals surface area contributed by atoms with Crippen molar-refractivity contribution < 1.29 is 4.79 Å². The number of amides is 1. The molecule has 20 heavy (non-hydrogen) atoms. The quantitative estimate of drug-likeness (QED) is 0.719. The van der Waals surface area contributed by atoms with Gasteiger partial charge in [0.25, 0.3) is 0 Å². The summed E-state index contributed by atoms with van der Waals surface area (Å²) in [7, 11) is 1.95. The topological polar surface area (TPSA) is 20.3 Å². The number of hydrogen-bond donors (Lipinski definition) is 0. The van der Waals surface area contributed by atoms with Gasteiger partial charge in [0.1, 0.15) is 0 Å². The van der Waals surface area contributed by atoms with Crippen molar-refractivity contribution in [3.8, 4) is 0 Å². The molecule has 0 N–H and O–H groups in total. The Balaban J connectivity index is 2.07. The van der Waals surface area contributed by atoms with Crippen LogP contribution < -0.4 is 0 Å². The monoisotopic (exact) mass is 357 g/mol. The number of hydrogen-bond acceptors (Lipinski definition) is 2. The predicted octanol–water partition coefficient (Wildman–Crippen LogP) is 5.08. The fourth-order valence-corrected chi connectivity index (χ4v) is 4.72. The zero-order valence-corrected chi connectivity index (χ0v) is 15.0. The van der Waals surface area contributed by atoms with E-state index < -0.39 is 0 Å². The van der Waals surface area contributed by atoms with Gasteiger partial charge in [-0.25, -0.2) is 0 Å². The van der Waals surface area contributed by atoms with E-state index in [4.69, 9.17) is 0 Å². The van der Waals surface area contributed by atoms with Crippen molar-refractivity contribution in [2.75, 3.05) is 7.05 Å². The fraction of sp³-hybridized carbons (Fsp3) is 0.688. The largest absolute Gasteiger partial charge is 0.341 e. The van der Waals surface area contributed by atoms with Crippen LogP contribution in [-0.4, -0.2) is 17.9 Å².